The number of aryl methyl sites for hydroxylation is 2. The lowest BCUT2D eigenvalue weighted by molar-refractivity contribution is 0.700. The second kappa shape index (κ2) is 8.23. The molecule has 0 spiro atoms. The first kappa shape index (κ1) is 18.9. The van der Waals surface area contributed by atoms with Crippen molar-refractivity contribution in [3.05, 3.63) is 41.0 Å². The Kier molecular flexibility index (Phi) is 5.99. The minimum absolute atomic E-state index is 0. The highest BCUT2D eigenvalue weighted by molar-refractivity contribution is 7.19. The summed E-state index contributed by atoms with van der Waals surface area (Å²) in [5.74, 6) is 0.944. The lowest BCUT2D eigenvalue weighted by atomic mass is 9.97. The van der Waals surface area contributed by atoms with Gasteiger partial charge in [-0.25, -0.2) is 9.97 Å². The van der Waals surface area contributed by atoms with Gasteiger partial charge in [-0.3, -0.25) is 0 Å². The van der Waals surface area contributed by atoms with Crippen LogP contribution in [0.1, 0.15) is 37.1 Å². The van der Waals surface area contributed by atoms with E-state index < -0.39 is 0 Å². The number of fused-ring (bicyclic) bond motifs is 3. The van der Waals surface area contributed by atoms with Crippen LogP contribution in [0.5, 0.6) is 0 Å². The number of halogens is 1. The number of anilines is 3. The average Bonchev–Trinajstić information content (AvgIpc) is 3.04. The molecule has 4 nitrogen and oxygen atoms in total. The first-order valence-electron chi connectivity index (χ1n) is 9.17. The van der Waals surface area contributed by atoms with Crippen LogP contribution in [0.15, 0.2) is 30.6 Å². The fourth-order valence-electron chi connectivity index (χ4n) is 3.67. The van der Waals surface area contributed by atoms with E-state index in [1.807, 2.05) is 11.3 Å². The summed E-state index contributed by atoms with van der Waals surface area (Å²) in [5.41, 5.74) is 3.80. The maximum Gasteiger partial charge on any atom is 0.142 e. The smallest absolute Gasteiger partial charge is 0.142 e. The van der Waals surface area contributed by atoms with Gasteiger partial charge in [-0.05, 0) is 69.4 Å². The Hall–Kier alpha value is -1.85. The molecule has 0 atom stereocenters. The van der Waals surface area contributed by atoms with Crippen molar-refractivity contribution in [2.24, 2.45) is 0 Å². The average molecular weight is 389 g/mol. The Balaban J connectivity index is 0.00000196. The monoisotopic (exact) mass is 388 g/mol. The molecule has 0 unspecified atom stereocenters. The van der Waals surface area contributed by atoms with Gasteiger partial charge < -0.3 is 10.2 Å². The summed E-state index contributed by atoms with van der Waals surface area (Å²) in [6.45, 7) is 6.42. The standard InChI is InChI=1S/C20H24N4S.ClH/c1-3-24(4-2)15-11-9-14(10-12-15)23-19-18-16-7-5-6-8-17(16)25-20(18)22-13-21-19;/h9-13H,3-8H2,1-2H3,(H,21,22,23);1H. The molecule has 1 aromatic carbocycles. The molecule has 0 saturated heterocycles. The fourth-order valence-corrected chi connectivity index (χ4v) is 4.89. The van der Waals surface area contributed by atoms with Crippen LogP contribution in [0.2, 0.25) is 0 Å². The maximum atomic E-state index is 4.55. The van der Waals surface area contributed by atoms with Crippen molar-refractivity contribution >= 4 is 51.2 Å². The number of hydrogen-bond acceptors (Lipinski definition) is 5. The molecule has 138 valence electrons. The van der Waals surface area contributed by atoms with Gasteiger partial charge >= 0.3 is 0 Å². The van der Waals surface area contributed by atoms with E-state index in [9.17, 15) is 0 Å². The van der Waals surface area contributed by atoms with E-state index in [-0.39, 0.29) is 12.4 Å². The third-order valence-electron chi connectivity index (χ3n) is 5.01. The van der Waals surface area contributed by atoms with Crippen LogP contribution in [0.3, 0.4) is 0 Å². The Labute approximate surface area is 165 Å². The summed E-state index contributed by atoms with van der Waals surface area (Å²) < 4.78 is 0. The number of nitrogens with one attached hydrogen (secondary N) is 1. The van der Waals surface area contributed by atoms with Gasteiger partial charge in [0.1, 0.15) is 17.0 Å². The highest BCUT2D eigenvalue weighted by Crippen LogP contribution is 2.38. The quantitative estimate of drug-likeness (QED) is 0.619. The second-order valence-corrected chi connectivity index (χ2v) is 7.54. The van der Waals surface area contributed by atoms with Crippen molar-refractivity contribution in [2.75, 3.05) is 23.3 Å². The van der Waals surface area contributed by atoms with E-state index in [4.69, 9.17) is 0 Å². The lowest BCUT2D eigenvalue weighted by Crippen LogP contribution is -2.21. The number of nitrogens with zero attached hydrogens (tertiary/aromatic N) is 3. The van der Waals surface area contributed by atoms with Gasteiger partial charge in [-0.15, -0.1) is 23.7 Å². The summed E-state index contributed by atoms with van der Waals surface area (Å²) in [5, 5.41) is 4.75. The van der Waals surface area contributed by atoms with Gasteiger partial charge in [-0.2, -0.15) is 0 Å². The molecule has 1 N–H and O–H groups in total. The largest absolute Gasteiger partial charge is 0.372 e. The highest BCUT2D eigenvalue weighted by Gasteiger charge is 2.19. The number of thiophene rings is 1. The van der Waals surface area contributed by atoms with Crippen LogP contribution in [0, 0.1) is 0 Å². The van der Waals surface area contributed by atoms with Gasteiger partial charge in [-0.1, -0.05) is 0 Å². The first-order valence-corrected chi connectivity index (χ1v) is 9.99. The maximum absolute atomic E-state index is 4.55. The minimum Gasteiger partial charge on any atom is -0.372 e. The molecular weight excluding hydrogens is 364 g/mol. The molecule has 0 radical (unpaired) electrons. The van der Waals surface area contributed by atoms with Crippen molar-refractivity contribution in [1.82, 2.24) is 9.97 Å². The number of aromatic nitrogens is 2. The van der Waals surface area contributed by atoms with E-state index in [0.29, 0.717) is 0 Å². The number of benzene rings is 1. The van der Waals surface area contributed by atoms with Crippen molar-refractivity contribution in [1.29, 1.82) is 0 Å². The van der Waals surface area contributed by atoms with E-state index >= 15 is 0 Å². The Bertz CT molecular complexity index is 871. The fraction of sp³-hybridized carbons (Fsp3) is 0.400. The third kappa shape index (κ3) is 3.51. The summed E-state index contributed by atoms with van der Waals surface area (Å²) in [7, 11) is 0. The number of rotatable bonds is 5. The zero-order valence-electron chi connectivity index (χ0n) is 15.3. The molecule has 6 heteroatoms. The van der Waals surface area contributed by atoms with Gasteiger partial charge in [0.25, 0.3) is 0 Å². The predicted molar refractivity (Wildman–Crippen MR) is 115 cm³/mol. The highest BCUT2D eigenvalue weighted by atomic mass is 35.5. The van der Waals surface area contributed by atoms with Gasteiger partial charge in [0.15, 0.2) is 0 Å². The van der Waals surface area contributed by atoms with Crippen molar-refractivity contribution in [3.8, 4) is 0 Å². The Morgan fingerprint density at radius 2 is 1.77 bits per heavy atom. The normalized spacial score (nSPS) is 13.2. The molecule has 0 saturated carbocycles. The molecule has 0 aliphatic heterocycles. The van der Waals surface area contributed by atoms with Crippen molar-refractivity contribution < 1.29 is 0 Å². The second-order valence-electron chi connectivity index (χ2n) is 6.46. The van der Waals surface area contributed by atoms with Crippen LogP contribution in [0.4, 0.5) is 17.2 Å². The molecule has 2 heterocycles. The molecule has 3 aromatic rings. The van der Waals surface area contributed by atoms with E-state index in [0.717, 1.165) is 35.8 Å². The van der Waals surface area contributed by atoms with Crippen molar-refractivity contribution in [3.63, 3.8) is 0 Å². The van der Waals surface area contributed by atoms with E-state index in [1.54, 1.807) is 6.33 Å². The molecular formula is C20H25ClN4S. The van der Waals surface area contributed by atoms with Crippen LogP contribution >= 0.6 is 23.7 Å². The van der Waals surface area contributed by atoms with Gasteiger partial charge in [0, 0.05) is 29.3 Å². The first-order chi connectivity index (χ1) is 12.3. The summed E-state index contributed by atoms with van der Waals surface area (Å²) in [4.78, 5) is 14.0. The van der Waals surface area contributed by atoms with Crippen LogP contribution < -0.4 is 10.2 Å². The van der Waals surface area contributed by atoms with Gasteiger partial charge in [0.2, 0.25) is 0 Å². The molecule has 1 aliphatic carbocycles. The molecule has 0 fully saturated rings. The van der Waals surface area contributed by atoms with Crippen molar-refractivity contribution in [2.45, 2.75) is 39.5 Å². The molecule has 4 rings (SSSR count). The summed E-state index contributed by atoms with van der Waals surface area (Å²) in [6, 6.07) is 8.63. The molecule has 26 heavy (non-hydrogen) atoms. The zero-order valence-corrected chi connectivity index (χ0v) is 16.9. The van der Waals surface area contributed by atoms with Crippen LogP contribution in [-0.2, 0) is 12.8 Å². The molecule has 1 aliphatic rings. The molecule has 0 bridgehead atoms. The lowest BCUT2D eigenvalue weighted by Gasteiger charge is -2.21. The molecule has 0 amide bonds. The van der Waals surface area contributed by atoms with Crippen LogP contribution in [-0.4, -0.2) is 23.1 Å². The molecule has 2 aromatic heterocycles. The van der Waals surface area contributed by atoms with Gasteiger partial charge in [0.05, 0.1) is 5.39 Å². The predicted octanol–water partition coefficient (Wildman–Crippen LogP) is 5.58. The Morgan fingerprint density at radius 1 is 1.04 bits per heavy atom. The summed E-state index contributed by atoms with van der Waals surface area (Å²) >= 11 is 1.84. The minimum atomic E-state index is 0. The van der Waals surface area contributed by atoms with E-state index in [1.165, 1.54) is 40.8 Å². The Morgan fingerprint density at radius 3 is 2.50 bits per heavy atom. The number of hydrogen-bond donors (Lipinski definition) is 1. The summed E-state index contributed by atoms with van der Waals surface area (Å²) in [6.07, 6.45) is 6.58. The third-order valence-corrected chi connectivity index (χ3v) is 6.21. The van der Waals surface area contributed by atoms with Crippen LogP contribution in [0.25, 0.3) is 10.2 Å². The zero-order chi connectivity index (χ0) is 17.2. The topological polar surface area (TPSA) is 41.0 Å². The SMILES string of the molecule is CCN(CC)c1ccc(Nc2ncnc3sc4c(c23)CCCC4)cc1.Cl. The van der Waals surface area contributed by atoms with E-state index in [2.05, 4.69) is 58.3 Å².